The number of amides is 1. The largest absolute Gasteiger partial charge is 0.494 e. The molecule has 0 saturated carbocycles. The van der Waals surface area contributed by atoms with Crippen LogP contribution in [0, 0.1) is 0 Å². The molecule has 40 heavy (non-hydrogen) atoms. The van der Waals surface area contributed by atoms with Gasteiger partial charge in [0.25, 0.3) is 0 Å². The molecule has 0 spiro atoms. The van der Waals surface area contributed by atoms with Crippen LogP contribution in [0.5, 0.6) is 5.75 Å². The molecule has 2 aromatic carbocycles. The summed E-state index contributed by atoms with van der Waals surface area (Å²) in [5, 5.41) is 7.48. The van der Waals surface area contributed by atoms with Crippen molar-refractivity contribution in [2.45, 2.75) is 0 Å². The molecular formula is C30H35N7O3. The summed E-state index contributed by atoms with van der Waals surface area (Å²) in [7, 11) is 5.38. The van der Waals surface area contributed by atoms with Gasteiger partial charge in [-0.15, -0.1) is 0 Å². The van der Waals surface area contributed by atoms with Crippen molar-refractivity contribution in [3.63, 3.8) is 0 Å². The van der Waals surface area contributed by atoms with Crippen molar-refractivity contribution < 1.29 is 14.3 Å². The van der Waals surface area contributed by atoms with E-state index in [4.69, 9.17) is 9.47 Å². The molecule has 0 radical (unpaired) electrons. The molecule has 0 atom stereocenters. The number of para-hydroxylation sites is 1. The van der Waals surface area contributed by atoms with Crippen LogP contribution >= 0.6 is 0 Å². The first-order valence-corrected chi connectivity index (χ1v) is 13.3. The molecule has 208 valence electrons. The van der Waals surface area contributed by atoms with Crippen molar-refractivity contribution in [1.82, 2.24) is 19.4 Å². The number of nitrogens with zero attached hydrogens (tertiary/aromatic N) is 5. The minimum atomic E-state index is -0.281. The molecule has 10 nitrogen and oxygen atoms in total. The van der Waals surface area contributed by atoms with Gasteiger partial charge in [-0.05, 0) is 18.2 Å². The first-order chi connectivity index (χ1) is 19.5. The molecule has 5 rings (SSSR count). The highest BCUT2D eigenvalue weighted by Gasteiger charge is 2.22. The molecule has 1 saturated heterocycles. The van der Waals surface area contributed by atoms with E-state index in [-0.39, 0.29) is 5.91 Å². The van der Waals surface area contributed by atoms with Gasteiger partial charge in [0.2, 0.25) is 5.91 Å². The summed E-state index contributed by atoms with van der Waals surface area (Å²) in [6, 6.07) is 14.0. The number of carbonyl (C=O) groups is 1. The van der Waals surface area contributed by atoms with Gasteiger partial charge in [-0.2, -0.15) is 0 Å². The van der Waals surface area contributed by atoms with Crippen molar-refractivity contribution in [2.24, 2.45) is 7.05 Å². The van der Waals surface area contributed by atoms with E-state index in [9.17, 15) is 4.79 Å². The maximum Gasteiger partial charge on any atom is 0.247 e. The number of nitrogens with one attached hydrogen (secondary N) is 2. The molecule has 2 N–H and O–H groups in total. The predicted molar refractivity (Wildman–Crippen MR) is 160 cm³/mol. The van der Waals surface area contributed by atoms with Gasteiger partial charge in [0.15, 0.2) is 0 Å². The van der Waals surface area contributed by atoms with Gasteiger partial charge in [-0.3, -0.25) is 9.69 Å². The summed E-state index contributed by atoms with van der Waals surface area (Å²) < 4.78 is 13.1. The monoisotopic (exact) mass is 541 g/mol. The van der Waals surface area contributed by atoms with E-state index in [0.717, 1.165) is 60.6 Å². The van der Waals surface area contributed by atoms with Crippen LogP contribution in [0.25, 0.3) is 22.2 Å². The minimum Gasteiger partial charge on any atom is -0.494 e. The Morgan fingerprint density at radius 3 is 2.62 bits per heavy atom. The Morgan fingerprint density at radius 2 is 1.88 bits per heavy atom. The molecule has 1 amide bonds. The van der Waals surface area contributed by atoms with Crippen LogP contribution in [0.15, 0.2) is 67.6 Å². The standard InChI is InChI=1S/C30H35N7O3/c1-5-30(38)34-24-16-25(28(40-4)18-27(24)37-12-10-36(11-13-37)14-15-39-3)33-29-17-23(31-20-32-29)22-19-35(2)26-9-7-6-8-21(22)26/h5-9,16-20H,1,10-15H2,2-4H3,(H,34,38)(H,31,32,33). The third-order valence-electron chi connectivity index (χ3n) is 7.19. The van der Waals surface area contributed by atoms with E-state index >= 15 is 0 Å². The Morgan fingerprint density at radius 1 is 1.07 bits per heavy atom. The lowest BCUT2D eigenvalue weighted by Gasteiger charge is -2.37. The van der Waals surface area contributed by atoms with Crippen LogP contribution in [0.4, 0.5) is 22.9 Å². The van der Waals surface area contributed by atoms with Crippen LogP contribution in [0.3, 0.4) is 0 Å². The molecule has 0 aliphatic carbocycles. The van der Waals surface area contributed by atoms with E-state index in [1.54, 1.807) is 20.5 Å². The Kier molecular flexibility index (Phi) is 8.28. The van der Waals surface area contributed by atoms with E-state index in [1.807, 2.05) is 37.4 Å². The highest BCUT2D eigenvalue weighted by molar-refractivity contribution is 6.02. The quantitative estimate of drug-likeness (QED) is 0.287. The number of aryl methyl sites for hydroxylation is 1. The highest BCUT2D eigenvalue weighted by Crippen LogP contribution is 2.39. The number of rotatable bonds is 10. The van der Waals surface area contributed by atoms with Gasteiger partial charge in [0, 0.05) is 81.7 Å². The smallest absolute Gasteiger partial charge is 0.247 e. The van der Waals surface area contributed by atoms with E-state index < -0.39 is 0 Å². The molecule has 0 bridgehead atoms. The first kappa shape index (κ1) is 27.2. The summed E-state index contributed by atoms with van der Waals surface area (Å²) in [5.74, 6) is 0.965. The Balaban J connectivity index is 1.45. The fraction of sp³-hybridized carbons (Fsp3) is 0.300. The van der Waals surface area contributed by atoms with E-state index in [2.05, 4.69) is 59.9 Å². The van der Waals surface area contributed by atoms with Gasteiger partial charge >= 0.3 is 0 Å². The van der Waals surface area contributed by atoms with Crippen molar-refractivity contribution in [3.05, 3.63) is 67.6 Å². The van der Waals surface area contributed by atoms with Gasteiger partial charge < -0.3 is 29.6 Å². The van der Waals surface area contributed by atoms with Gasteiger partial charge in [0.05, 0.1) is 36.5 Å². The zero-order valence-corrected chi connectivity index (χ0v) is 23.2. The number of hydrogen-bond acceptors (Lipinski definition) is 8. The fourth-order valence-electron chi connectivity index (χ4n) is 5.07. The normalized spacial score (nSPS) is 13.8. The second-order valence-corrected chi connectivity index (χ2v) is 9.67. The number of fused-ring (bicyclic) bond motifs is 1. The fourth-order valence-corrected chi connectivity index (χ4v) is 5.07. The lowest BCUT2D eigenvalue weighted by atomic mass is 10.1. The van der Waals surface area contributed by atoms with Crippen LogP contribution < -0.4 is 20.3 Å². The van der Waals surface area contributed by atoms with Crippen LogP contribution in [-0.4, -0.2) is 78.9 Å². The molecule has 10 heteroatoms. The van der Waals surface area contributed by atoms with Crippen LogP contribution in [-0.2, 0) is 16.6 Å². The maximum atomic E-state index is 12.4. The summed E-state index contributed by atoms with van der Waals surface area (Å²) in [6.45, 7) is 8.66. The molecule has 4 aromatic rings. The maximum absolute atomic E-state index is 12.4. The number of benzene rings is 2. The first-order valence-electron chi connectivity index (χ1n) is 13.3. The predicted octanol–water partition coefficient (Wildman–Crippen LogP) is 4.28. The van der Waals surface area contributed by atoms with E-state index in [1.165, 1.54) is 6.08 Å². The summed E-state index contributed by atoms with van der Waals surface area (Å²) in [5.41, 5.74) is 5.19. The summed E-state index contributed by atoms with van der Waals surface area (Å²) in [4.78, 5) is 26.0. The topological polar surface area (TPSA) is 96.8 Å². The Labute approximate surface area is 234 Å². The third-order valence-corrected chi connectivity index (χ3v) is 7.19. The zero-order valence-electron chi connectivity index (χ0n) is 23.2. The molecule has 1 aliphatic heterocycles. The summed E-state index contributed by atoms with van der Waals surface area (Å²) >= 11 is 0. The number of anilines is 4. The molecule has 3 heterocycles. The lowest BCUT2D eigenvalue weighted by molar-refractivity contribution is -0.111. The number of ether oxygens (including phenoxy) is 2. The number of carbonyl (C=O) groups excluding carboxylic acids is 1. The SMILES string of the molecule is C=CC(=O)Nc1cc(Nc2cc(-c3cn(C)c4ccccc34)ncn2)c(OC)cc1N1CCN(CCOC)CC1. The minimum absolute atomic E-state index is 0.281. The van der Waals surface area contributed by atoms with Crippen molar-refractivity contribution in [1.29, 1.82) is 0 Å². The molecule has 2 aromatic heterocycles. The van der Waals surface area contributed by atoms with Crippen molar-refractivity contribution in [2.75, 3.05) is 69.1 Å². The Hall–Kier alpha value is -4.41. The highest BCUT2D eigenvalue weighted by atomic mass is 16.5. The van der Waals surface area contributed by atoms with Gasteiger partial charge in [-0.25, -0.2) is 9.97 Å². The van der Waals surface area contributed by atoms with Crippen molar-refractivity contribution >= 4 is 39.7 Å². The molecular weight excluding hydrogens is 506 g/mol. The second kappa shape index (κ2) is 12.2. The van der Waals surface area contributed by atoms with Crippen LogP contribution in [0.2, 0.25) is 0 Å². The Bertz CT molecular complexity index is 1510. The van der Waals surface area contributed by atoms with Crippen LogP contribution in [0.1, 0.15) is 0 Å². The average molecular weight is 542 g/mol. The van der Waals surface area contributed by atoms with E-state index in [0.29, 0.717) is 29.5 Å². The number of methoxy groups -OCH3 is 2. The summed E-state index contributed by atoms with van der Waals surface area (Å²) in [6.07, 6.45) is 4.89. The second-order valence-electron chi connectivity index (χ2n) is 9.67. The van der Waals surface area contributed by atoms with Gasteiger partial charge in [0.1, 0.15) is 17.9 Å². The molecule has 1 fully saturated rings. The molecule has 1 aliphatic rings. The number of piperazine rings is 1. The van der Waals surface area contributed by atoms with Gasteiger partial charge in [-0.1, -0.05) is 24.8 Å². The van der Waals surface area contributed by atoms with Crippen molar-refractivity contribution in [3.8, 4) is 17.0 Å². The lowest BCUT2D eigenvalue weighted by Crippen LogP contribution is -2.47. The zero-order chi connectivity index (χ0) is 28.1. The number of hydrogen-bond donors (Lipinski definition) is 2. The molecule has 0 unspecified atom stereocenters. The average Bonchev–Trinajstić information content (AvgIpc) is 3.33. The third kappa shape index (κ3) is 5.78. The number of aromatic nitrogens is 3.